The molecule has 2 fully saturated rings. The van der Waals surface area contributed by atoms with Gasteiger partial charge in [0.15, 0.2) is 0 Å². The number of rotatable bonds is 1. The fraction of sp³-hybridized carbons (Fsp3) is 0.786. The first-order valence-electron chi connectivity index (χ1n) is 7.08. The van der Waals surface area contributed by atoms with Crippen molar-refractivity contribution in [1.82, 2.24) is 14.9 Å². The molecule has 0 bridgehead atoms. The second-order valence-corrected chi connectivity index (χ2v) is 5.68. The molecule has 1 unspecified atom stereocenters. The second kappa shape index (κ2) is 4.67. The van der Waals surface area contributed by atoms with Gasteiger partial charge in [0.1, 0.15) is 5.82 Å². The van der Waals surface area contributed by atoms with Crippen molar-refractivity contribution in [3.05, 3.63) is 17.7 Å². The van der Waals surface area contributed by atoms with Crippen molar-refractivity contribution in [2.24, 2.45) is 7.05 Å². The summed E-state index contributed by atoms with van der Waals surface area (Å²) < 4.78 is 8.31. The number of aromatic nitrogens is 2. The van der Waals surface area contributed by atoms with E-state index in [1.165, 1.54) is 32.1 Å². The van der Waals surface area contributed by atoms with Crippen molar-refractivity contribution < 1.29 is 4.74 Å². The van der Waals surface area contributed by atoms with Crippen LogP contribution in [0.3, 0.4) is 0 Å². The molecular weight excluding hydrogens is 226 g/mol. The van der Waals surface area contributed by atoms with Crippen LogP contribution in [0.1, 0.15) is 49.7 Å². The van der Waals surface area contributed by atoms with Crippen LogP contribution >= 0.6 is 0 Å². The number of morpholine rings is 1. The molecule has 1 spiro atoms. The minimum atomic E-state index is -0.00269. The van der Waals surface area contributed by atoms with E-state index in [1.54, 1.807) is 0 Å². The molecule has 1 aliphatic heterocycles. The van der Waals surface area contributed by atoms with E-state index in [-0.39, 0.29) is 11.6 Å². The molecule has 1 N–H and O–H groups in total. The van der Waals surface area contributed by atoms with E-state index in [1.807, 2.05) is 0 Å². The van der Waals surface area contributed by atoms with Crippen LogP contribution in [0.4, 0.5) is 0 Å². The number of hydrogen-bond donors (Lipinski definition) is 1. The fourth-order valence-corrected chi connectivity index (χ4v) is 3.41. The molecule has 0 radical (unpaired) electrons. The monoisotopic (exact) mass is 249 g/mol. The number of aryl methyl sites for hydroxylation is 2. The largest absolute Gasteiger partial charge is 0.372 e. The minimum Gasteiger partial charge on any atom is -0.372 e. The molecule has 1 saturated heterocycles. The maximum Gasteiger partial charge on any atom is 0.105 e. The highest BCUT2D eigenvalue weighted by Gasteiger charge is 2.44. The van der Waals surface area contributed by atoms with Crippen molar-refractivity contribution >= 4 is 0 Å². The Kier molecular flexibility index (Phi) is 3.16. The molecule has 4 nitrogen and oxygen atoms in total. The number of ether oxygens (including phenoxy) is 1. The van der Waals surface area contributed by atoms with Crippen LogP contribution in [0.25, 0.3) is 0 Å². The molecule has 0 amide bonds. The first kappa shape index (κ1) is 12.2. The fourth-order valence-electron chi connectivity index (χ4n) is 3.41. The SMILES string of the molecule is Cc1nc(C2NCCOC23CCCCC3)cn1C. The lowest BCUT2D eigenvalue weighted by atomic mass is 9.77. The molecule has 3 rings (SSSR count). The van der Waals surface area contributed by atoms with Gasteiger partial charge in [0.25, 0.3) is 0 Å². The molecule has 2 aliphatic rings. The van der Waals surface area contributed by atoms with Crippen LogP contribution in [-0.4, -0.2) is 28.3 Å². The smallest absolute Gasteiger partial charge is 0.105 e. The Bertz CT molecular complexity index is 393. The highest BCUT2D eigenvalue weighted by Crippen LogP contribution is 2.42. The Balaban J connectivity index is 1.91. The molecule has 0 aromatic carbocycles. The molecular formula is C14H23N3O. The van der Waals surface area contributed by atoms with Gasteiger partial charge in [-0.15, -0.1) is 0 Å². The Morgan fingerprint density at radius 2 is 2.17 bits per heavy atom. The highest BCUT2D eigenvalue weighted by atomic mass is 16.5. The van der Waals surface area contributed by atoms with E-state index in [4.69, 9.17) is 9.72 Å². The van der Waals surface area contributed by atoms with Gasteiger partial charge >= 0.3 is 0 Å². The topological polar surface area (TPSA) is 39.1 Å². The summed E-state index contributed by atoms with van der Waals surface area (Å²) in [6.07, 6.45) is 8.39. The lowest BCUT2D eigenvalue weighted by Gasteiger charge is -2.46. The average molecular weight is 249 g/mol. The van der Waals surface area contributed by atoms with Crippen LogP contribution in [0.2, 0.25) is 0 Å². The Morgan fingerprint density at radius 1 is 1.39 bits per heavy atom. The molecule has 1 saturated carbocycles. The van der Waals surface area contributed by atoms with E-state index in [9.17, 15) is 0 Å². The van der Waals surface area contributed by atoms with Gasteiger partial charge in [0.2, 0.25) is 0 Å². The van der Waals surface area contributed by atoms with Gasteiger partial charge in [-0.1, -0.05) is 19.3 Å². The zero-order valence-corrected chi connectivity index (χ0v) is 11.4. The minimum absolute atomic E-state index is 0.00269. The van der Waals surface area contributed by atoms with Gasteiger partial charge in [0, 0.05) is 19.8 Å². The van der Waals surface area contributed by atoms with Gasteiger partial charge in [-0.05, 0) is 19.8 Å². The molecule has 1 aromatic heterocycles. The van der Waals surface area contributed by atoms with Crippen LogP contribution in [0.15, 0.2) is 6.20 Å². The molecule has 100 valence electrons. The van der Waals surface area contributed by atoms with Crippen LogP contribution in [0, 0.1) is 6.92 Å². The van der Waals surface area contributed by atoms with Crippen molar-refractivity contribution in [3.8, 4) is 0 Å². The van der Waals surface area contributed by atoms with Gasteiger partial charge in [-0.25, -0.2) is 4.98 Å². The van der Waals surface area contributed by atoms with E-state index in [0.717, 1.165) is 24.7 Å². The van der Waals surface area contributed by atoms with Crippen LogP contribution in [-0.2, 0) is 11.8 Å². The Morgan fingerprint density at radius 3 is 2.83 bits per heavy atom. The predicted octanol–water partition coefficient (Wildman–Crippen LogP) is 2.09. The second-order valence-electron chi connectivity index (χ2n) is 5.68. The summed E-state index contributed by atoms with van der Waals surface area (Å²) in [5.41, 5.74) is 1.15. The number of nitrogens with one attached hydrogen (secondary N) is 1. The van der Waals surface area contributed by atoms with Crippen molar-refractivity contribution in [2.75, 3.05) is 13.2 Å². The van der Waals surface area contributed by atoms with E-state index in [0.29, 0.717) is 0 Å². The normalized spacial score (nSPS) is 27.6. The van der Waals surface area contributed by atoms with Crippen LogP contribution < -0.4 is 5.32 Å². The van der Waals surface area contributed by atoms with Gasteiger partial charge in [0.05, 0.1) is 23.9 Å². The molecule has 2 heterocycles. The maximum atomic E-state index is 6.21. The molecule has 18 heavy (non-hydrogen) atoms. The van der Waals surface area contributed by atoms with E-state index >= 15 is 0 Å². The number of imidazole rings is 1. The summed E-state index contributed by atoms with van der Waals surface area (Å²) in [5.74, 6) is 1.07. The molecule has 1 atom stereocenters. The summed E-state index contributed by atoms with van der Waals surface area (Å²) >= 11 is 0. The lowest BCUT2D eigenvalue weighted by molar-refractivity contribution is -0.120. The maximum absolute atomic E-state index is 6.21. The zero-order chi connectivity index (χ0) is 12.6. The van der Waals surface area contributed by atoms with Gasteiger partial charge in [-0.2, -0.15) is 0 Å². The first-order chi connectivity index (χ1) is 8.71. The van der Waals surface area contributed by atoms with Crippen molar-refractivity contribution in [2.45, 2.75) is 50.7 Å². The first-order valence-corrected chi connectivity index (χ1v) is 7.08. The number of nitrogens with zero attached hydrogens (tertiary/aromatic N) is 2. The molecule has 4 heteroatoms. The highest BCUT2D eigenvalue weighted by molar-refractivity contribution is 5.15. The summed E-state index contributed by atoms with van der Waals surface area (Å²) in [5, 5.41) is 3.64. The van der Waals surface area contributed by atoms with Crippen molar-refractivity contribution in [1.29, 1.82) is 0 Å². The zero-order valence-electron chi connectivity index (χ0n) is 11.4. The van der Waals surface area contributed by atoms with E-state index < -0.39 is 0 Å². The Labute approximate surface area is 109 Å². The molecule has 1 aromatic rings. The third-order valence-corrected chi connectivity index (χ3v) is 4.49. The summed E-state index contributed by atoms with van der Waals surface area (Å²) in [6, 6.07) is 0.270. The predicted molar refractivity (Wildman–Crippen MR) is 70.5 cm³/mol. The average Bonchev–Trinajstić information content (AvgIpc) is 2.71. The summed E-state index contributed by atoms with van der Waals surface area (Å²) in [4.78, 5) is 4.70. The number of hydrogen-bond acceptors (Lipinski definition) is 3. The van der Waals surface area contributed by atoms with Crippen LogP contribution in [0.5, 0.6) is 0 Å². The standard InChI is InChI=1S/C14H23N3O/c1-11-16-12(10-17(11)2)13-14(18-9-8-15-13)6-4-3-5-7-14/h10,13,15H,3-9H2,1-2H3. The lowest BCUT2D eigenvalue weighted by Crippen LogP contribution is -2.53. The summed E-state index contributed by atoms with van der Waals surface area (Å²) in [7, 11) is 2.06. The summed E-state index contributed by atoms with van der Waals surface area (Å²) in [6.45, 7) is 3.82. The van der Waals surface area contributed by atoms with Gasteiger partial charge in [-0.3, -0.25) is 0 Å². The van der Waals surface area contributed by atoms with E-state index in [2.05, 4.69) is 30.1 Å². The van der Waals surface area contributed by atoms with Crippen molar-refractivity contribution in [3.63, 3.8) is 0 Å². The molecule has 1 aliphatic carbocycles. The quantitative estimate of drug-likeness (QED) is 0.828. The third kappa shape index (κ3) is 1.97. The third-order valence-electron chi connectivity index (χ3n) is 4.49. The Hall–Kier alpha value is -0.870. The van der Waals surface area contributed by atoms with Gasteiger partial charge < -0.3 is 14.6 Å².